The van der Waals surface area contributed by atoms with Crippen LogP contribution in [0.4, 0.5) is 0 Å². The van der Waals surface area contributed by atoms with Crippen molar-refractivity contribution in [2.75, 3.05) is 26.7 Å². The Hall–Kier alpha value is -2.73. The van der Waals surface area contributed by atoms with E-state index in [0.29, 0.717) is 0 Å². The summed E-state index contributed by atoms with van der Waals surface area (Å²) >= 11 is 0. The van der Waals surface area contributed by atoms with Crippen molar-refractivity contribution in [1.82, 2.24) is 24.6 Å². The molecule has 1 amide bonds. The molecule has 3 aromatic rings. The fourth-order valence-electron chi connectivity index (χ4n) is 4.05. The number of fused-ring (bicyclic) bond motifs is 1. The molecule has 4 rings (SSSR count). The third-order valence-corrected chi connectivity index (χ3v) is 5.50. The highest BCUT2D eigenvalue weighted by Crippen LogP contribution is 2.27. The number of amides is 1. The summed E-state index contributed by atoms with van der Waals surface area (Å²) < 4.78 is 1.76. The number of aryl methyl sites for hydroxylation is 2. The van der Waals surface area contributed by atoms with Crippen LogP contribution in [0.15, 0.2) is 36.7 Å². The van der Waals surface area contributed by atoms with Gasteiger partial charge >= 0.3 is 0 Å². The molecular weight excluding hydrogens is 350 g/mol. The third kappa shape index (κ3) is 3.52. The summed E-state index contributed by atoms with van der Waals surface area (Å²) in [5.74, 6) is 0.0872. The van der Waals surface area contributed by atoms with E-state index in [1.807, 2.05) is 49.3 Å². The van der Waals surface area contributed by atoms with Gasteiger partial charge in [-0.15, -0.1) is 0 Å². The number of aromatic nitrogens is 3. The summed E-state index contributed by atoms with van der Waals surface area (Å²) in [6, 6.07) is 8.22. The minimum atomic E-state index is 0.0872. The van der Waals surface area contributed by atoms with Crippen LogP contribution in [-0.2, 0) is 7.05 Å². The Morgan fingerprint density at radius 1 is 1.18 bits per heavy atom. The third-order valence-electron chi connectivity index (χ3n) is 5.50. The Labute approximate surface area is 165 Å². The van der Waals surface area contributed by atoms with E-state index in [1.165, 1.54) is 0 Å². The van der Waals surface area contributed by atoms with Crippen LogP contribution in [0.5, 0.6) is 0 Å². The quantitative estimate of drug-likeness (QED) is 0.689. The molecular formula is C22H27N5O. The van der Waals surface area contributed by atoms with Crippen LogP contribution in [0.1, 0.15) is 29.3 Å². The van der Waals surface area contributed by atoms with Crippen molar-refractivity contribution in [3.8, 4) is 11.3 Å². The molecule has 0 N–H and O–H groups in total. The molecule has 1 atom stereocenters. The van der Waals surface area contributed by atoms with E-state index in [-0.39, 0.29) is 11.9 Å². The first-order valence-electron chi connectivity index (χ1n) is 9.82. The number of carbonyl (C=O) groups excluding carboxylic acids is 1. The maximum Gasteiger partial charge on any atom is 0.254 e. The number of benzene rings is 1. The van der Waals surface area contributed by atoms with E-state index in [0.717, 1.165) is 59.3 Å². The van der Waals surface area contributed by atoms with Gasteiger partial charge in [0.2, 0.25) is 0 Å². The lowest BCUT2D eigenvalue weighted by Crippen LogP contribution is -2.42. The van der Waals surface area contributed by atoms with Gasteiger partial charge in [-0.3, -0.25) is 9.48 Å². The molecule has 1 saturated heterocycles. The normalized spacial score (nSPS) is 18.4. The van der Waals surface area contributed by atoms with Crippen LogP contribution in [0, 0.1) is 6.92 Å². The summed E-state index contributed by atoms with van der Waals surface area (Å²) in [4.78, 5) is 22.8. The lowest BCUT2D eigenvalue weighted by molar-refractivity contribution is 0.0698. The molecule has 0 saturated carbocycles. The average molecular weight is 377 g/mol. The van der Waals surface area contributed by atoms with Gasteiger partial charge in [-0.2, -0.15) is 5.10 Å². The van der Waals surface area contributed by atoms with E-state index in [2.05, 4.69) is 24.0 Å². The van der Waals surface area contributed by atoms with Crippen LogP contribution < -0.4 is 0 Å². The van der Waals surface area contributed by atoms with E-state index in [9.17, 15) is 4.79 Å². The first-order valence-corrected chi connectivity index (χ1v) is 9.82. The largest absolute Gasteiger partial charge is 0.335 e. The summed E-state index contributed by atoms with van der Waals surface area (Å²) in [5.41, 5.74) is 4.41. The van der Waals surface area contributed by atoms with Gasteiger partial charge in [-0.05, 0) is 51.6 Å². The number of hydrogen-bond acceptors (Lipinski definition) is 4. The van der Waals surface area contributed by atoms with E-state index < -0.39 is 0 Å². The number of hydrogen-bond donors (Lipinski definition) is 0. The van der Waals surface area contributed by atoms with Crippen LogP contribution >= 0.6 is 0 Å². The molecule has 1 aromatic carbocycles. The number of rotatable bonds is 2. The molecule has 6 nitrogen and oxygen atoms in total. The fraction of sp³-hybridized carbons (Fsp3) is 0.409. The Bertz CT molecular complexity index is 1020. The highest BCUT2D eigenvalue weighted by Gasteiger charge is 2.27. The molecule has 0 radical (unpaired) electrons. The topological polar surface area (TPSA) is 54.3 Å². The molecule has 1 aliphatic rings. The Morgan fingerprint density at radius 3 is 2.75 bits per heavy atom. The smallest absolute Gasteiger partial charge is 0.254 e. The second-order valence-corrected chi connectivity index (χ2v) is 7.94. The Kier molecular flexibility index (Phi) is 4.89. The van der Waals surface area contributed by atoms with Crippen molar-refractivity contribution in [2.45, 2.75) is 26.3 Å². The predicted molar refractivity (Wildman–Crippen MR) is 111 cm³/mol. The standard InChI is InChI=1S/C22H27N5O/c1-15-6-7-18-19(22(28)27-9-5-8-25(3)13-16(27)2)11-20(24-21(18)10-15)17-12-23-26(4)14-17/h6-7,10-12,14,16H,5,8-9,13H2,1-4H3. The van der Waals surface area contributed by atoms with Gasteiger partial charge in [0, 0.05) is 43.3 Å². The van der Waals surface area contributed by atoms with Crippen molar-refractivity contribution >= 4 is 16.8 Å². The summed E-state index contributed by atoms with van der Waals surface area (Å²) in [5, 5.41) is 5.17. The van der Waals surface area contributed by atoms with Crippen molar-refractivity contribution in [1.29, 1.82) is 0 Å². The van der Waals surface area contributed by atoms with Crippen LogP contribution in [0.2, 0.25) is 0 Å². The maximum absolute atomic E-state index is 13.6. The lowest BCUT2D eigenvalue weighted by Gasteiger charge is -2.28. The fourth-order valence-corrected chi connectivity index (χ4v) is 4.05. The second-order valence-electron chi connectivity index (χ2n) is 7.94. The number of nitrogens with zero attached hydrogens (tertiary/aromatic N) is 5. The van der Waals surface area contributed by atoms with Crippen molar-refractivity contribution in [2.24, 2.45) is 7.05 Å². The molecule has 2 aromatic heterocycles. The van der Waals surface area contributed by atoms with Gasteiger partial charge in [0.1, 0.15) is 0 Å². The molecule has 0 bridgehead atoms. The minimum Gasteiger partial charge on any atom is -0.335 e. The van der Waals surface area contributed by atoms with Crippen LogP contribution in [0.25, 0.3) is 22.2 Å². The van der Waals surface area contributed by atoms with Crippen LogP contribution in [-0.4, -0.2) is 63.2 Å². The van der Waals surface area contributed by atoms with E-state index >= 15 is 0 Å². The highest BCUT2D eigenvalue weighted by molar-refractivity contribution is 6.07. The van der Waals surface area contributed by atoms with Gasteiger partial charge in [0.05, 0.1) is 23.0 Å². The summed E-state index contributed by atoms with van der Waals surface area (Å²) in [6.45, 7) is 6.87. The molecule has 0 spiro atoms. The summed E-state index contributed by atoms with van der Waals surface area (Å²) in [7, 11) is 4.01. The monoisotopic (exact) mass is 377 g/mol. The predicted octanol–water partition coefficient (Wildman–Crippen LogP) is 3.11. The second kappa shape index (κ2) is 7.36. The molecule has 1 fully saturated rings. The van der Waals surface area contributed by atoms with Gasteiger partial charge in [0.25, 0.3) is 5.91 Å². The Balaban J connectivity index is 1.83. The zero-order chi connectivity index (χ0) is 19.8. The van der Waals surface area contributed by atoms with E-state index in [1.54, 1.807) is 10.9 Å². The summed E-state index contributed by atoms with van der Waals surface area (Å²) in [6.07, 6.45) is 4.72. The number of likely N-dealkylation sites (N-methyl/N-ethyl adjacent to an activating group) is 1. The Morgan fingerprint density at radius 2 is 2.00 bits per heavy atom. The number of pyridine rings is 1. The average Bonchev–Trinajstić information content (AvgIpc) is 3.02. The van der Waals surface area contributed by atoms with Gasteiger partial charge in [-0.1, -0.05) is 12.1 Å². The van der Waals surface area contributed by atoms with Gasteiger partial charge in [0.15, 0.2) is 0 Å². The molecule has 1 unspecified atom stereocenters. The molecule has 6 heteroatoms. The van der Waals surface area contributed by atoms with Crippen molar-refractivity contribution in [3.63, 3.8) is 0 Å². The zero-order valence-electron chi connectivity index (χ0n) is 17.0. The van der Waals surface area contributed by atoms with E-state index in [4.69, 9.17) is 4.98 Å². The molecule has 0 aliphatic carbocycles. The van der Waals surface area contributed by atoms with Crippen molar-refractivity contribution < 1.29 is 4.79 Å². The SMILES string of the molecule is Cc1ccc2c(C(=O)N3CCCN(C)CC3C)cc(-c3cnn(C)c3)nc2c1. The molecule has 146 valence electrons. The molecule has 28 heavy (non-hydrogen) atoms. The molecule has 1 aliphatic heterocycles. The van der Waals surface area contributed by atoms with Gasteiger partial charge in [-0.25, -0.2) is 4.98 Å². The number of carbonyl (C=O) groups is 1. The van der Waals surface area contributed by atoms with Gasteiger partial charge < -0.3 is 9.80 Å². The lowest BCUT2D eigenvalue weighted by atomic mass is 10.0. The van der Waals surface area contributed by atoms with Crippen LogP contribution in [0.3, 0.4) is 0 Å². The zero-order valence-corrected chi connectivity index (χ0v) is 17.0. The van der Waals surface area contributed by atoms with Crippen molar-refractivity contribution in [3.05, 3.63) is 47.8 Å². The first-order chi connectivity index (χ1) is 13.4. The first kappa shape index (κ1) is 18.6. The molecule has 3 heterocycles. The minimum absolute atomic E-state index is 0.0872. The maximum atomic E-state index is 13.6. The highest BCUT2D eigenvalue weighted by atomic mass is 16.2.